The highest BCUT2D eigenvalue weighted by Crippen LogP contribution is 2.62. The largest absolute Gasteiger partial charge is 0.862 e. The molecule has 0 aromatic heterocycles. The van der Waals surface area contributed by atoms with Gasteiger partial charge in [0.15, 0.2) is 0 Å². The zero-order valence-electron chi connectivity index (χ0n) is 29.9. The number of benzene rings is 4. The van der Waals surface area contributed by atoms with Crippen molar-refractivity contribution in [3.63, 3.8) is 0 Å². The van der Waals surface area contributed by atoms with Gasteiger partial charge >= 0.3 is 31.6 Å². The molecule has 0 amide bonds. The third-order valence-corrected chi connectivity index (χ3v) is 10.2. The highest BCUT2D eigenvalue weighted by Gasteiger charge is 2.55. The molecule has 324 valence electrons. The summed E-state index contributed by atoms with van der Waals surface area (Å²) >= 11 is 0. The van der Waals surface area contributed by atoms with Gasteiger partial charge in [-0.25, -0.2) is 9.79 Å². The number of aliphatic imine (C=N–C) groups is 3. The Morgan fingerprint density at radius 2 is 0.917 bits per heavy atom. The fourth-order valence-corrected chi connectivity index (χ4v) is 6.15. The molecule has 4 aromatic rings. The van der Waals surface area contributed by atoms with Gasteiger partial charge < -0.3 is 30.0 Å². The average molecular weight is 898 g/mol. The quantitative estimate of drug-likeness (QED) is 0.0681. The standard InChI is InChI=1S/C36H31F10N3O9P2/c37-33(38,39)26-13-22(14-27(17-26)34(40,41)42)19-47-32(52)23-15-28(48-30(50)11-5-20-1-7-24(8-2-20)35(43,44)59(53,54)55)18-29(16-23)49-31(51)12-6-21-3-9-25(10-4-21)36(45,46)60(56,57)58/h1-4,7-10,13-18H,5-6,11-12,19H2,(H,47,52)(H,48,50)(H,49,51)(H2,53,54,55)(H2,56,57,58)/p-4. The maximum absolute atomic E-state index is 14.0. The Morgan fingerprint density at radius 1 is 0.517 bits per heavy atom. The molecular formula is C36H27F10N3O9P2-4. The van der Waals surface area contributed by atoms with E-state index in [4.69, 9.17) is 14.7 Å². The molecule has 0 radical (unpaired) electrons. The first-order valence-corrected chi connectivity index (χ1v) is 19.8. The van der Waals surface area contributed by atoms with Gasteiger partial charge in [0.2, 0.25) is 0 Å². The Labute approximate surface area is 333 Å². The first kappa shape index (κ1) is 47.9. The molecule has 0 spiro atoms. The van der Waals surface area contributed by atoms with Crippen molar-refractivity contribution in [1.29, 1.82) is 0 Å². The molecule has 0 atom stereocenters. The topological polar surface area (TPSA) is 236 Å². The van der Waals surface area contributed by atoms with Crippen LogP contribution in [-0.4, -0.2) is 32.4 Å². The van der Waals surface area contributed by atoms with E-state index in [1.165, 1.54) is 0 Å². The SMILES string of the molecule is [O-]C(CCc1ccc(C(F)(F)[P+]([O-])([O-])O)cc1)=Nc1cc(N=C([O-])CCc2ccc(C(F)(F)[P+]([O-])(O)O)cc2)cc(C([O-])=NCc2cc(C(F)(F)F)cc(C(F)(F)F)c2)c1. The first-order chi connectivity index (χ1) is 27.5. The minimum atomic E-state index is -6.11. The number of nitrogens with zero attached hydrogens (tertiary/aromatic N) is 3. The van der Waals surface area contributed by atoms with E-state index in [0.717, 1.165) is 54.6 Å². The predicted molar refractivity (Wildman–Crippen MR) is 185 cm³/mol. The highest BCUT2D eigenvalue weighted by atomic mass is 31.2. The minimum absolute atomic E-state index is 0.129. The predicted octanol–water partition coefficient (Wildman–Crippen LogP) is 3.76. The summed E-state index contributed by atoms with van der Waals surface area (Å²) in [6.07, 6.45) is -11.6. The minimum Gasteiger partial charge on any atom is -0.862 e. The number of hydrogen-bond acceptors (Lipinski definition) is 12. The van der Waals surface area contributed by atoms with Gasteiger partial charge in [-0.15, -0.1) is 0 Å². The van der Waals surface area contributed by atoms with E-state index < -0.39 is 110 Å². The summed E-state index contributed by atoms with van der Waals surface area (Å²) in [6.45, 7) is -0.994. The molecule has 4 aromatic carbocycles. The van der Waals surface area contributed by atoms with Crippen LogP contribution in [0.5, 0.6) is 0 Å². The first-order valence-electron chi connectivity index (χ1n) is 16.7. The number of rotatable bonds is 15. The molecular weight excluding hydrogens is 870 g/mol. The van der Waals surface area contributed by atoms with Crippen LogP contribution in [-0.2, 0) is 43.1 Å². The van der Waals surface area contributed by atoms with Crippen molar-refractivity contribution in [3.8, 4) is 0 Å². The zero-order valence-corrected chi connectivity index (χ0v) is 31.7. The summed E-state index contributed by atoms with van der Waals surface area (Å²) in [5.74, 6) is -3.09. The Bertz CT molecular complexity index is 2100. The number of halogens is 10. The summed E-state index contributed by atoms with van der Waals surface area (Å²) in [6, 6.07) is 10.6. The normalized spacial score (nSPS) is 14.2. The fraction of sp³-hybridized carbons (Fsp3) is 0.250. The van der Waals surface area contributed by atoms with Crippen LogP contribution in [0.1, 0.15) is 57.3 Å². The van der Waals surface area contributed by atoms with Gasteiger partial charge in [0.05, 0.1) is 40.2 Å². The molecule has 3 N–H and O–H groups in total. The smallest absolute Gasteiger partial charge is 0.428 e. The van der Waals surface area contributed by atoms with Crippen LogP contribution in [0.4, 0.5) is 55.3 Å². The Hall–Kier alpha value is -4.79. The second kappa shape index (κ2) is 18.1. The van der Waals surface area contributed by atoms with Crippen molar-refractivity contribution in [1.82, 2.24) is 0 Å². The Kier molecular flexibility index (Phi) is 14.4. The highest BCUT2D eigenvalue weighted by molar-refractivity contribution is 7.58. The second-order valence-electron chi connectivity index (χ2n) is 12.8. The monoisotopic (exact) mass is 897 g/mol. The van der Waals surface area contributed by atoms with Crippen molar-refractivity contribution < 1.29 is 88.6 Å². The third kappa shape index (κ3) is 12.4. The van der Waals surface area contributed by atoms with E-state index in [2.05, 4.69) is 15.0 Å². The van der Waals surface area contributed by atoms with E-state index in [9.17, 15) is 73.9 Å². The van der Waals surface area contributed by atoms with Gasteiger partial charge in [-0.2, -0.15) is 43.9 Å². The van der Waals surface area contributed by atoms with Crippen LogP contribution in [0, 0.1) is 0 Å². The van der Waals surface area contributed by atoms with E-state index in [0.29, 0.717) is 24.3 Å². The van der Waals surface area contributed by atoms with Crippen LogP contribution in [0.25, 0.3) is 0 Å². The molecule has 0 saturated carbocycles. The molecule has 0 aliphatic heterocycles. The van der Waals surface area contributed by atoms with Gasteiger partial charge in [-0.1, -0.05) is 24.3 Å². The lowest BCUT2D eigenvalue weighted by Gasteiger charge is -2.34. The molecule has 0 aliphatic rings. The van der Waals surface area contributed by atoms with Gasteiger partial charge in [0, 0.05) is 0 Å². The van der Waals surface area contributed by atoms with Crippen LogP contribution in [0.15, 0.2) is 99.9 Å². The van der Waals surface area contributed by atoms with Crippen LogP contribution < -0.4 is 30.0 Å². The lowest BCUT2D eigenvalue weighted by molar-refractivity contribution is -0.353. The molecule has 12 nitrogen and oxygen atoms in total. The van der Waals surface area contributed by atoms with Crippen molar-refractivity contribution >= 4 is 45.0 Å². The molecule has 0 aliphatic carbocycles. The van der Waals surface area contributed by atoms with Crippen molar-refractivity contribution in [2.45, 2.75) is 55.9 Å². The van der Waals surface area contributed by atoms with Crippen molar-refractivity contribution in [2.75, 3.05) is 0 Å². The summed E-state index contributed by atoms with van der Waals surface area (Å²) in [5, 5.41) is 38.8. The molecule has 0 unspecified atom stereocenters. The van der Waals surface area contributed by atoms with Gasteiger partial charge in [0.1, 0.15) is 7.94 Å². The van der Waals surface area contributed by atoms with E-state index in [1.54, 1.807) is 0 Å². The summed E-state index contributed by atoms with van der Waals surface area (Å²) in [7, 11) is -12.0. The Balaban J connectivity index is 1.63. The van der Waals surface area contributed by atoms with Crippen LogP contribution in [0.2, 0.25) is 0 Å². The van der Waals surface area contributed by atoms with Gasteiger partial charge in [-0.3, -0.25) is 19.9 Å². The van der Waals surface area contributed by atoms with E-state index >= 15 is 0 Å². The maximum atomic E-state index is 14.0. The summed E-state index contributed by atoms with van der Waals surface area (Å²) in [5.41, 5.74) is -15.9. The van der Waals surface area contributed by atoms with Gasteiger partial charge in [0.25, 0.3) is 0 Å². The molecule has 0 fully saturated rings. The van der Waals surface area contributed by atoms with Crippen molar-refractivity contribution in [2.24, 2.45) is 15.0 Å². The number of hydrogen-bond donors (Lipinski definition) is 3. The molecule has 0 saturated heterocycles. The molecule has 0 bridgehead atoms. The summed E-state index contributed by atoms with van der Waals surface area (Å²) in [4.78, 5) is 71.0. The number of aryl methyl sites for hydroxylation is 2. The average Bonchev–Trinajstić information content (AvgIpc) is 3.13. The Morgan fingerprint density at radius 3 is 1.28 bits per heavy atom. The van der Waals surface area contributed by atoms with Gasteiger partial charge in [-0.05, 0) is 126 Å². The molecule has 4 rings (SSSR count). The lowest BCUT2D eigenvalue weighted by Crippen LogP contribution is -2.35. The fourth-order valence-electron chi connectivity index (χ4n) is 5.19. The molecule has 60 heavy (non-hydrogen) atoms. The van der Waals surface area contributed by atoms with Crippen LogP contribution >= 0.6 is 15.9 Å². The molecule has 24 heteroatoms. The second-order valence-corrected chi connectivity index (χ2v) is 16.1. The van der Waals surface area contributed by atoms with Crippen molar-refractivity contribution in [3.05, 3.63) is 129 Å². The maximum Gasteiger partial charge on any atom is 0.428 e. The summed E-state index contributed by atoms with van der Waals surface area (Å²) < 4.78 is 136. The molecule has 0 heterocycles. The van der Waals surface area contributed by atoms with E-state index in [1.807, 2.05) is 0 Å². The van der Waals surface area contributed by atoms with E-state index in [-0.39, 0.29) is 41.4 Å². The third-order valence-electron chi connectivity index (χ3n) is 8.29. The number of alkyl halides is 10. The lowest BCUT2D eigenvalue weighted by atomic mass is 10.0. The zero-order chi connectivity index (χ0) is 45.1. The van der Waals surface area contributed by atoms with Crippen LogP contribution in [0.3, 0.4) is 0 Å².